The molecule has 0 unspecified atom stereocenters. The summed E-state index contributed by atoms with van der Waals surface area (Å²) in [5.41, 5.74) is 2.77. The first kappa shape index (κ1) is 23.6. The number of para-hydroxylation sites is 1. The van der Waals surface area contributed by atoms with Gasteiger partial charge in [-0.1, -0.05) is 48.9 Å². The van der Waals surface area contributed by atoms with Crippen LogP contribution >= 0.6 is 0 Å². The van der Waals surface area contributed by atoms with Crippen molar-refractivity contribution in [3.8, 4) is 11.8 Å². The Morgan fingerprint density at radius 3 is 2.77 bits per heavy atom. The van der Waals surface area contributed by atoms with Crippen molar-refractivity contribution in [2.75, 3.05) is 11.9 Å². The topological polar surface area (TPSA) is 52.5 Å². The molecule has 168 valence electrons. The molecule has 3 rings (SSSR count). The zero-order valence-corrected chi connectivity index (χ0v) is 19.1. The van der Waals surface area contributed by atoms with E-state index in [1.165, 1.54) is 18.5 Å². The molecule has 1 aromatic carbocycles. The van der Waals surface area contributed by atoms with Crippen molar-refractivity contribution in [1.82, 2.24) is 0 Å². The maximum absolute atomic E-state index is 10.6. The number of allylic oxidation sites excluding steroid dienone is 2. The van der Waals surface area contributed by atoms with E-state index in [9.17, 15) is 10.2 Å². The fourth-order valence-corrected chi connectivity index (χ4v) is 5.12. The smallest absolute Gasteiger partial charge is 0.0755 e. The molecule has 0 aliphatic heterocycles. The predicted octanol–water partition coefficient (Wildman–Crippen LogP) is 5.57. The Hall–Kier alpha value is -2.02. The lowest BCUT2D eigenvalue weighted by Crippen LogP contribution is -2.19. The van der Waals surface area contributed by atoms with Crippen LogP contribution in [0.15, 0.2) is 54.1 Å². The second-order valence-corrected chi connectivity index (χ2v) is 9.35. The second kappa shape index (κ2) is 12.1. The summed E-state index contributed by atoms with van der Waals surface area (Å²) in [7, 11) is 0. The Balaban J connectivity index is 1.41. The van der Waals surface area contributed by atoms with E-state index in [0.717, 1.165) is 32.2 Å². The van der Waals surface area contributed by atoms with Gasteiger partial charge in [-0.3, -0.25) is 0 Å². The van der Waals surface area contributed by atoms with Gasteiger partial charge in [-0.2, -0.15) is 0 Å². The van der Waals surface area contributed by atoms with Gasteiger partial charge >= 0.3 is 0 Å². The van der Waals surface area contributed by atoms with Gasteiger partial charge in [0.2, 0.25) is 0 Å². The van der Waals surface area contributed by atoms with Gasteiger partial charge in [0.25, 0.3) is 0 Å². The van der Waals surface area contributed by atoms with Crippen molar-refractivity contribution in [2.45, 2.75) is 71.0 Å². The van der Waals surface area contributed by atoms with Crippen LogP contribution in [-0.4, -0.2) is 29.0 Å². The molecule has 0 saturated heterocycles. The number of hydrogen-bond donors (Lipinski definition) is 3. The quantitative estimate of drug-likeness (QED) is 0.263. The highest BCUT2D eigenvalue weighted by Crippen LogP contribution is 2.50. The van der Waals surface area contributed by atoms with E-state index in [1.54, 1.807) is 5.57 Å². The molecule has 2 aliphatic carbocycles. The minimum absolute atomic E-state index is 0.119. The van der Waals surface area contributed by atoms with Crippen molar-refractivity contribution in [2.24, 2.45) is 23.7 Å². The summed E-state index contributed by atoms with van der Waals surface area (Å²) in [6, 6.07) is 10.4. The maximum atomic E-state index is 10.6. The lowest BCUT2D eigenvalue weighted by atomic mass is 9.89. The fourth-order valence-electron chi connectivity index (χ4n) is 5.12. The Morgan fingerprint density at radius 2 is 2.00 bits per heavy atom. The van der Waals surface area contributed by atoms with E-state index in [0.29, 0.717) is 18.3 Å². The van der Waals surface area contributed by atoms with E-state index >= 15 is 0 Å². The van der Waals surface area contributed by atoms with Gasteiger partial charge in [0.1, 0.15) is 0 Å². The van der Waals surface area contributed by atoms with E-state index in [-0.39, 0.29) is 17.9 Å². The van der Waals surface area contributed by atoms with Crippen molar-refractivity contribution in [1.29, 1.82) is 0 Å². The normalized spacial score (nSPS) is 28.3. The molecule has 3 nitrogen and oxygen atoms in total. The molecule has 3 heteroatoms. The molecule has 6 atom stereocenters. The van der Waals surface area contributed by atoms with Gasteiger partial charge in [-0.15, -0.1) is 11.8 Å². The van der Waals surface area contributed by atoms with Crippen LogP contribution in [0.3, 0.4) is 0 Å². The number of fused-ring (bicyclic) bond motifs is 1. The lowest BCUT2D eigenvalue weighted by Gasteiger charge is -2.19. The number of rotatable bonds is 10. The Kier molecular flexibility index (Phi) is 9.25. The van der Waals surface area contributed by atoms with Crippen molar-refractivity contribution >= 4 is 5.69 Å². The van der Waals surface area contributed by atoms with E-state index in [1.807, 2.05) is 26.0 Å². The number of unbranched alkanes of at least 4 members (excludes halogenated alkanes) is 2. The fraction of sp³-hybridized carbons (Fsp3) is 0.571. The Bertz CT molecular complexity index is 788. The third-order valence-electron chi connectivity index (χ3n) is 6.99. The zero-order valence-electron chi connectivity index (χ0n) is 19.1. The predicted molar refractivity (Wildman–Crippen MR) is 130 cm³/mol. The molecule has 0 radical (unpaired) electrons. The molecule has 3 N–H and O–H groups in total. The minimum atomic E-state index is -0.493. The highest BCUT2D eigenvalue weighted by Gasteiger charge is 2.44. The van der Waals surface area contributed by atoms with Gasteiger partial charge in [-0.25, -0.2) is 0 Å². The number of nitrogens with one attached hydrogen (secondary N) is 1. The molecule has 0 amide bonds. The molecule has 0 bridgehead atoms. The first-order valence-corrected chi connectivity index (χ1v) is 12.0. The molecular weight excluding hydrogens is 382 g/mol. The van der Waals surface area contributed by atoms with E-state index in [2.05, 4.69) is 53.6 Å². The summed E-state index contributed by atoms with van der Waals surface area (Å²) >= 11 is 0. The number of benzene rings is 1. The van der Waals surface area contributed by atoms with Crippen LogP contribution in [0.4, 0.5) is 5.69 Å². The first-order chi connectivity index (χ1) is 15.1. The molecule has 0 spiro atoms. The van der Waals surface area contributed by atoms with Gasteiger partial charge < -0.3 is 15.5 Å². The van der Waals surface area contributed by atoms with Crippen LogP contribution in [-0.2, 0) is 0 Å². The van der Waals surface area contributed by atoms with Gasteiger partial charge in [0.15, 0.2) is 0 Å². The van der Waals surface area contributed by atoms with Crippen LogP contribution < -0.4 is 5.32 Å². The third-order valence-corrected chi connectivity index (χ3v) is 6.99. The number of aliphatic hydroxyl groups is 2. The minimum Gasteiger partial charge on any atom is -0.392 e. The average molecular weight is 422 g/mol. The van der Waals surface area contributed by atoms with E-state index < -0.39 is 6.10 Å². The monoisotopic (exact) mass is 421 g/mol. The molecule has 31 heavy (non-hydrogen) atoms. The second-order valence-electron chi connectivity index (χ2n) is 9.35. The lowest BCUT2D eigenvalue weighted by molar-refractivity contribution is 0.137. The van der Waals surface area contributed by atoms with Crippen LogP contribution in [0.2, 0.25) is 0 Å². The number of hydrogen-bond acceptors (Lipinski definition) is 3. The molecule has 2 aliphatic rings. The molecule has 2 saturated carbocycles. The van der Waals surface area contributed by atoms with Gasteiger partial charge in [-0.05, 0) is 75.3 Å². The van der Waals surface area contributed by atoms with Crippen LogP contribution in [0.1, 0.15) is 58.8 Å². The largest absolute Gasteiger partial charge is 0.392 e. The highest BCUT2D eigenvalue weighted by atomic mass is 16.3. The van der Waals surface area contributed by atoms with Gasteiger partial charge in [0, 0.05) is 24.6 Å². The summed E-state index contributed by atoms with van der Waals surface area (Å²) in [5.74, 6) is 7.34. The molecule has 1 aromatic rings. The van der Waals surface area contributed by atoms with Crippen molar-refractivity contribution in [3.05, 3.63) is 54.1 Å². The van der Waals surface area contributed by atoms with Crippen LogP contribution in [0.25, 0.3) is 0 Å². The van der Waals surface area contributed by atoms with Gasteiger partial charge in [0.05, 0.1) is 12.2 Å². The molecule has 2 fully saturated rings. The van der Waals surface area contributed by atoms with E-state index in [4.69, 9.17) is 0 Å². The average Bonchev–Trinajstić information content (AvgIpc) is 3.29. The number of anilines is 1. The summed E-state index contributed by atoms with van der Waals surface area (Å²) in [5, 5.41) is 24.4. The molecular formula is C28H39NO2. The Labute approximate surface area is 188 Å². The third kappa shape index (κ3) is 6.99. The standard InChI is InChI=1S/C28H39NO2/c1-3-4-11-21(2)27(30)16-15-25-26-19-22(18-23(26)20-28(25)31)12-7-6-10-17-29-24-13-8-5-9-14-24/h5,8-9,12-16,21,23,25-31H,6-7,10-11,17-20H2,1-2H3/t21-,23+,25-,26+,27-,28-/m1/s1. The summed E-state index contributed by atoms with van der Waals surface area (Å²) in [4.78, 5) is 0. The van der Waals surface area contributed by atoms with Crippen LogP contribution in [0.5, 0.6) is 0 Å². The summed E-state index contributed by atoms with van der Waals surface area (Å²) < 4.78 is 0. The van der Waals surface area contributed by atoms with Crippen molar-refractivity contribution < 1.29 is 10.2 Å². The summed E-state index contributed by atoms with van der Waals surface area (Å²) in [6.45, 7) is 4.87. The number of aliphatic hydroxyl groups excluding tert-OH is 2. The molecule has 0 aromatic heterocycles. The zero-order chi connectivity index (χ0) is 22.1. The molecule has 0 heterocycles. The maximum Gasteiger partial charge on any atom is 0.0755 e. The first-order valence-electron chi connectivity index (χ1n) is 12.0. The SMILES string of the molecule is CC#CC[C@@H](C)[C@H](O)C=C[C@@H]1[C@H]2CC(=CCCCCNc3ccccc3)C[C@H]2C[C@H]1O. The van der Waals surface area contributed by atoms with Crippen molar-refractivity contribution in [3.63, 3.8) is 0 Å². The van der Waals surface area contributed by atoms with Crippen LogP contribution in [0, 0.1) is 35.5 Å². The summed E-state index contributed by atoms with van der Waals surface area (Å²) in [6.07, 6.45) is 13.0. The Morgan fingerprint density at radius 1 is 1.19 bits per heavy atom. The highest BCUT2D eigenvalue weighted by molar-refractivity contribution is 5.42.